The van der Waals surface area contributed by atoms with Gasteiger partial charge >= 0.3 is 6.61 Å². The van der Waals surface area contributed by atoms with Crippen LogP contribution in [0.25, 0.3) is 11.3 Å². The normalized spacial score (nSPS) is 10.9. The lowest BCUT2D eigenvalue weighted by atomic mass is 10.2. The highest BCUT2D eigenvalue weighted by Gasteiger charge is 2.12. The van der Waals surface area contributed by atoms with Crippen molar-refractivity contribution in [2.24, 2.45) is 0 Å². The number of ether oxygens (including phenoxy) is 1. The summed E-state index contributed by atoms with van der Waals surface area (Å²) in [6.45, 7) is -2.87. The summed E-state index contributed by atoms with van der Waals surface area (Å²) in [6, 6.07) is 12.0. The first-order valence-corrected chi connectivity index (χ1v) is 8.51. The summed E-state index contributed by atoms with van der Waals surface area (Å²) in [5.41, 5.74) is 1.13. The predicted octanol–water partition coefficient (Wildman–Crippen LogP) is 4.33. The molecule has 0 saturated carbocycles. The average Bonchev–Trinajstić information content (AvgIpc) is 3.15. The Morgan fingerprint density at radius 1 is 1.14 bits per heavy atom. The Bertz CT molecular complexity index is 926. The zero-order chi connectivity index (χ0) is 19.9. The molecule has 0 aliphatic carbocycles. The summed E-state index contributed by atoms with van der Waals surface area (Å²) in [5, 5.41) is 2.65. The van der Waals surface area contributed by atoms with Gasteiger partial charge in [0.15, 0.2) is 11.7 Å². The molecule has 1 heterocycles. The summed E-state index contributed by atoms with van der Waals surface area (Å²) in [4.78, 5) is 16.1. The highest BCUT2D eigenvalue weighted by molar-refractivity contribution is 5.76. The van der Waals surface area contributed by atoms with Crippen LogP contribution in [0.1, 0.15) is 17.9 Å². The molecular formula is C20H17F3N2O3. The average molecular weight is 390 g/mol. The first-order valence-electron chi connectivity index (χ1n) is 8.51. The van der Waals surface area contributed by atoms with Crippen molar-refractivity contribution < 1.29 is 27.1 Å². The van der Waals surface area contributed by atoms with Crippen molar-refractivity contribution in [1.29, 1.82) is 0 Å². The van der Waals surface area contributed by atoms with Crippen LogP contribution in [0.15, 0.2) is 59.1 Å². The minimum absolute atomic E-state index is 0.0226. The molecule has 0 spiro atoms. The molecule has 0 bridgehead atoms. The number of nitrogens with zero attached hydrogens (tertiary/aromatic N) is 1. The van der Waals surface area contributed by atoms with Crippen LogP contribution in [0.2, 0.25) is 0 Å². The molecular weight excluding hydrogens is 373 g/mol. The van der Waals surface area contributed by atoms with E-state index in [0.29, 0.717) is 22.8 Å². The maximum absolute atomic E-state index is 13.0. The number of amides is 1. The molecule has 0 fully saturated rings. The monoisotopic (exact) mass is 390 g/mol. The second kappa shape index (κ2) is 9.07. The Kier molecular flexibility index (Phi) is 6.31. The summed E-state index contributed by atoms with van der Waals surface area (Å²) in [7, 11) is 0. The van der Waals surface area contributed by atoms with E-state index in [1.54, 1.807) is 30.3 Å². The number of benzene rings is 2. The summed E-state index contributed by atoms with van der Waals surface area (Å²) >= 11 is 0. The van der Waals surface area contributed by atoms with Crippen LogP contribution in [0.3, 0.4) is 0 Å². The van der Waals surface area contributed by atoms with E-state index in [9.17, 15) is 18.0 Å². The zero-order valence-corrected chi connectivity index (χ0v) is 14.7. The van der Waals surface area contributed by atoms with Gasteiger partial charge in [0.05, 0.1) is 6.20 Å². The molecule has 0 unspecified atom stereocenters. The number of hydrogen-bond donors (Lipinski definition) is 1. The van der Waals surface area contributed by atoms with Crippen molar-refractivity contribution in [3.8, 4) is 17.1 Å². The Morgan fingerprint density at radius 3 is 2.64 bits per heavy atom. The maximum Gasteiger partial charge on any atom is 0.387 e. The molecule has 0 aliphatic heterocycles. The molecule has 0 saturated heterocycles. The fraction of sp³-hybridized carbons (Fsp3) is 0.200. The highest BCUT2D eigenvalue weighted by Crippen LogP contribution is 2.22. The molecule has 1 N–H and O–H groups in total. The van der Waals surface area contributed by atoms with Gasteiger partial charge in [-0.2, -0.15) is 8.78 Å². The molecule has 3 aromatic rings. The van der Waals surface area contributed by atoms with Crippen molar-refractivity contribution in [3.63, 3.8) is 0 Å². The van der Waals surface area contributed by atoms with Crippen LogP contribution in [-0.4, -0.2) is 17.5 Å². The third-order valence-corrected chi connectivity index (χ3v) is 3.91. The zero-order valence-electron chi connectivity index (χ0n) is 14.7. The first kappa shape index (κ1) is 19.5. The Balaban J connectivity index is 1.51. The topological polar surface area (TPSA) is 64.4 Å². The quantitative estimate of drug-likeness (QED) is 0.622. The molecule has 0 aliphatic rings. The largest absolute Gasteiger partial charge is 0.441 e. The van der Waals surface area contributed by atoms with Crippen LogP contribution in [0.5, 0.6) is 5.75 Å². The standard InChI is InChI=1S/C20H17F3N2O3/c21-15-7-5-13(6-8-15)17-12-25-19(27-17)10-9-18(26)24-11-14-3-1-2-4-16(14)28-20(22)23/h1-8,12,20H,9-11H2,(H,24,26). The lowest BCUT2D eigenvalue weighted by molar-refractivity contribution is -0.121. The molecule has 146 valence electrons. The number of halogens is 3. The van der Waals surface area contributed by atoms with Crippen LogP contribution < -0.4 is 10.1 Å². The number of aromatic nitrogens is 1. The first-order chi connectivity index (χ1) is 13.5. The molecule has 1 aromatic heterocycles. The molecule has 5 nitrogen and oxygen atoms in total. The van der Waals surface area contributed by atoms with Crippen LogP contribution >= 0.6 is 0 Å². The predicted molar refractivity (Wildman–Crippen MR) is 95.1 cm³/mol. The van der Waals surface area contributed by atoms with Gasteiger partial charge < -0.3 is 14.5 Å². The number of carbonyl (C=O) groups excluding carboxylic acids is 1. The molecule has 3 rings (SSSR count). The van der Waals surface area contributed by atoms with Crippen molar-refractivity contribution in [2.75, 3.05) is 0 Å². The summed E-state index contributed by atoms with van der Waals surface area (Å²) < 4.78 is 47.8. The van der Waals surface area contributed by atoms with E-state index in [4.69, 9.17) is 4.42 Å². The van der Waals surface area contributed by atoms with Crippen LogP contribution in [0.4, 0.5) is 13.2 Å². The van der Waals surface area contributed by atoms with E-state index < -0.39 is 6.61 Å². The summed E-state index contributed by atoms with van der Waals surface area (Å²) in [6.07, 6.45) is 1.89. The highest BCUT2D eigenvalue weighted by atomic mass is 19.3. The minimum Gasteiger partial charge on any atom is -0.441 e. The minimum atomic E-state index is -2.93. The van der Waals surface area contributed by atoms with E-state index >= 15 is 0 Å². The fourth-order valence-corrected chi connectivity index (χ4v) is 2.54. The van der Waals surface area contributed by atoms with E-state index in [2.05, 4.69) is 15.0 Å². The van der Waals surface area contributed by atoms with Gasteiger partial charge in [-0.15, -0.1) is 0 Å². The SMILES string of the molecule is O=C(CCc1ncc(-c2ccc(F)cc2)o1)NCc1ccccc1OC(F)F. The number of alkyl halides is 2. The number of para-hydroxylation sites is 1. The summed E-state index contributed by atoms with van der Waals surface area (Å²) in [5.74, 6) is 0.243. The number of aryl methyl sites for hydroxylation is 1. The number of oxazole rings is 1. The van der Waals surface area contributed by atoms with Crippen molar-refractivity contribution in [1.82, 2.24) is 10.3 Å². The van der Waals surface area contributed by atoms with Gasteiger partial charge in [-0.25, -0.2) is 9.37 Å². The Labute approximate surface area is 159 Å². The van der Waals surface area contributed by atoms with E-state index in [1.165, 1.54) is 24.4 Å². The van der Waals surface area contributed by atoms with Gasteiger partial charge in [0.2, 0.25) is 5.91 Å². The van der Waals surface area contributed by atoms with E-state index in [-0.39, 0.29) is 36.9 Å². The number of carbonyl (C=O) groups is 1. The molecule has 0 radical (unpaired) electrons. The van der Waals surface area contributed by atoms with Crippen LogP contribution in [0, 0.1) is 5.82 Å². The van der Waals surface area contributed by atoms with Gasteiger partial charge in [-0.3, -0.25) is 4.79 Å². The van der Waals surface area contributed by atoms with Gasteiger partial charge in [0.25, 0.3) is 0 Å². The lowest BCUT2D eigenvalue weighted by Crippen LogP contribution is -2.23. The Hall–Kier alpha value is -3.29. The van der Waals surface area contributed by atoms with Crippen LogP contribution in [-0.2, 0) is 17.8 Å². The molecule has 28 heavy (non-hydrogen) atoms. The number of rotatable bonds is 8. The molecule has 2 aromatic carbocycles. The van der Waals surface area contributed by atoms with Crippen molar-refractivity contribution in [3.05, 3.63) is 72.0 Å². The van der Waals surface area contributed by atoms with E-state index in [0.717, 1.165) is 0 Å². The van der Waals surface area contributed by atoms with Gasteiger partial charge in [0, 0.05) is 30.5 Å². The second-order valence-electron chi connectivity index (χ2n) is 5.89. The van der Waals surface area contributed by atoms with E-state index in [1.807, 2.05) is 0 Å². The molecule has 8 heteroatoms. The van der Waals surface area contributed by atoms with Gasteiger partial charge in [-0.05, 0) is 30.3 Å². The van der Waals surface area contributed by atoms with Crippen molar-refractivity contribution >= 4 is 5.91 Å². The number of nitrogens with one attached hydrogen (secondary N) is 1. The number of hydrogen-bond acceptors (Lipinski definition) is 4. The van der Waals surface area contributed by atoms with Gasteiger partial charge in [-0.1, -0.05) is 18.2 Å². The smallest absolute Gasteiger partial charge is 0.387 e. The van der Waals surface area contributed by atoms with Gasteiger partial charge in [0.1, 0.15) is 11.6 Å². The fourth-order valence-electron chi connectivity index (χ4n) is 2.54. The maximum atomic E-state index is 13.0. The lowest BCUT2D eigenvalue weighted by Gasteiger charge is -2.11. The molecule has 0 atom stereocenters. The second-order valence-corrected chi connectivity index (χ2v) is 5.89. The third kappa shape index (κ3) is 5.35. The Morgan fingerprint density at radius 2 is 1.89 bits per heavy atom. The third-order valence-electron chi connectivity index (χ3n) is 3.91. The molecule has 1 amide bonds. The van der Waals surface area contributed by atoms with Crippen molar-refractivity contribution in [2.45, 2.75) is 26.0 Å².